The minimum Gasteiger partial charge on any atom is -0.377 e. The minimum atomic E-state index is -0.00907. The Morgan fingerprint density at radius 1 is 1.29 bits per heavy atom. The van der Waals surface area contributed by atoms with Gasteiger partial charge < -0.3 is 10.2 Å². The minimum absolute atomic E-state index is 0.00907. The summed E-state index contributed by atoms with van der Waals surface area (Å²) in [7, 11) is 3.49. The molecule has 5 nitrogen and oxygen atoms in total. The highest BCUT2D eigenvalue weighted by Crippen LogP contribution is 2.22. The zero-order valence-corrected chi connectivity index (χ0v) is 12.8. The predicted octanol–water partition coefficient (Wildman–Crippen LogP) is 2.66. The average Bonchev–Trinajstić information content (AvgIpc) is 2.49. The maximum absolute atomic E-state index is 12.0. The quantitative estimate of drug-likeness (QED) is 0.937. The van der Waals surface area contributed by atoms with Crippen LogP contribution in [0.15, 0.2) is 36.8 Å². The smallest absolute Gasteiger partial charge is 0.253 e. The second kappa shape index (κ2) is 6.35. The van der Waals surface area contributed by atoms with Crippen LogP contribution in [0.5, 0.6) is 0 Å². The molecule has 1 aromatic heterocycles. The number of benzene rings is 1. The van der Waals surface area contributed by atoms with E-state index in [9.17, 15) is 4.79 Å². The van der Waals surface area contributed by atoms with E-state index in [0.29, 0.717) is 5.56 Å². The van der Waals surface area contributed by atoms with Crippen LogP contribution in [0.25, 0.3) is 0 Å². The molecule has 1 atom stereocenters. The summed E-state index contributed by atoms with van der Waals surface area (Å²) in [5, 5.41) is 3.39. The molecule has 0 spiro atoms. The number of hydrogen-bond donors (Lipinski definition) is 1. The highest BCUT2D eigenvalue weighted by atomic mass is 16.2. The molecular weight excluding hydrogens is 264 g/mol. The highest BCUT2D eigenvalue weighted by molar-refractivity contribution is 5.95. The number of carbonyl (C=O) groups excluding carboxylic acids is 1. The van der Waals surface area contributed by atoms with Gasteiger partial charge in [-0.15, -0.1) is 0 Å². The molecule has 0 aliphatic rings. The van der Waals surface area contributed by atoms with E-state index in [4.69, 9.17) is 0 Å². The molecule has 1 heterocycles. The summed E-state index contributed by atoms with van der Waals surface area (Å²) >= 11 is 0. The molecule has 2 rings (SSSR count). The van der Waals surface area contributed by atoms with E-state index >= 15 is 0 Å². The normalized spacial score (nSPS) is 11.8. The molecule has 0 aliphatic carbocycles. The van der Waals surface area contributed by atoms with Crippen LogP contribution in [0.4, 0.5) is 5.69 Å². The second-order valence-electron chi connectivity index (χ2n) is 5.23. The van der Waals surface area contributed by atoms with Crippen LogP contribution in [0.2, 0.25) is 0 Å². The van der Waals surface area contributed by atoms with E-state index in [1.807, 2.05) is 32.0 Å². The number of aromatic nitrogens is 2. The van der Waals surface area contributed by atoms with Crippen molar-refractivity contribution in [2.24, 2.45) is 0 Å². The molecule has 0 aliphatic heterocycles. The van der Waals surface area contributed by atoms with Crippen molar-refractivity contribution in [3.8, 4) is 0 Å². The fourth-order valence-corrected chi connectivity index (χ4v) is 2.01. The van der Waals surface area contributed by atoms with E-state index in [1.54, 1.807) is 37.6 Å². The summed E-state index contributed by atoms with van der Waals surface area (Å²) < 4.78 is 0. The first-order valence-electron chi connectivity index (χ1n) is 6.84. The number of amides is 1. The molecule has 21 heavy (non-hydrogen) atoms. The molecule has 1 aromatic carbocycles. The number of hydrogen-bond acceptors (Lipinski definition) is 4. The summed E-state index contributed by atoms with van der Waals surface area (Å²) in [6.07, 6.45) is 5.06. The number of aryl methyl sites for hydroxylation is 1. The van der Waals surface area contributed by atoms with Crippen molar-refractivity contribution in [3.05, 3.63) is 53.6 Å². The van der Waals surface area contributed by atoms with Crippen molar-refractivity contribution in [3.63, 3.8) is 0 Å². The summed E-state index contributed by atoms with van der Waals surface area (Å²) in [5.74, 6) is -0.00907. The van der Waals surface area contributed by atoms with Gasteiger partial charge in [-0.05, 0) is 31.5 Å². The molecule has 1 amide bonds. The van der Waals surface area contributed by atoms with Crippen molar-refractivity contribution in [2.45, 2.75) is 19.9 Å². The van der Waals surface area contributed by atoms with Crippen LogP contribution in [0, 0.1) is 6.92 Å². The van der Waals surface area contributed by atoms with Gasteiger partial charge in [-0.2, -0.15) is 0 Å². The van der Waals surface area contributed by atoms with Crippen LogP contribution in [0.3, 0.4) is 0 Å². The Balaban J connectivity index is 2.23. The van der Waals surface area contributed by atoms with Gasteiger partial charge in [-0.3, -0.25) is 14.8 Å². The Morgan fingerprint density at radius 3 is 2.67 bits per heavy atom. The van der Waals surface area contributed by atoms with Crippen LogP contribution >= 0.6 is 0 Å². The van der Waals surface area contributed by atoms with E-state index in [2.05, 4.69) is 15.3 Å². The maximum Gasteiger partial charge on any atom is 0.253 e. The van der Waals surface area contributed by atoms with Crippen LogP contribution < -0.4 is 5.32 Å². The van der Waals surface area contributed by atoms with Crippen molar-refractivity contribution < 1.29 is 4.79 Å². The molecule has 110 valence electrons. The van der Waals surface area contributed by atoms with Crippen LogP contribution in [-0.4, -0.2) is 34.9 Å². The standard InChI is InChI=1S/C16H20N4O/c1-11-5-6-13(16(21)20(3)4)9-14(11)19-12(2)15-10-17-7-8-18-15/h5-10,12,19H,1-4H3. The summed E-state index contributed by atoms with van der Waals surface area (Å²) in [5.41, 5.74) is 3.54. The number of anilines is 1. The molecule has 2 aromatic rings. The summed E-state index contributed by atoms with van der Waals surface area (Å²) in [6, 6.07) is 5.69. The van der Waals surface area contributed by atoms with E-state index in [1.165, 1.54) is 0 Å². The molecular formula is C16H20N4O. The Labute approximate surface area is 125 Å². The van der Waals surface area contributed by atoms with Gasteiger partial charge in [-0.1, -0.05) is 6.07 Å². The largest absolute Gasteiger partial charge is 0.377 e. The number of nitrogens with one attached hydrogen (secondary N) is 1. The van der Waals surface area contributed by atoms with Crippen molar-refractivity contribution in [1.82, 2.24) is 14.9 Å². The van der Waals surface area contributed by atoms with Crippen LogP contribution in [0.1, 0.15) is 34.6 Å². The SMILES string of the molecule is Cc1ccc(C(=O)N(C)C)cc1NC(C)c1cnccn1. The fourth-order valence-electron chi connectivity index (χ4n) is 2.01. The topological polar surface area (TPSA) is 58.1 Å². The zero-order chi connectivity index (χ0) is 15.4. The van der Waals surface area contributed by atoms with Crippen molar-refractivity contribution in [2.75, 3.05) is 19.4 Å². The fraction of sp³-hybridized carbons (Fsp3) is 0.312. The third kappa shape index (κ3) is 3.56. The average molecular weight is 284 g/mol. The number of nitrogens with zero attached hydrogens (tertiary/aromatic N) is 3. The predicted molar refractivity (Wildman–Crippen MR) is 83.3 cm³/mol. The second-order valence-corrected chi connectivity index (χ2v) is 5.23. The van der Waals surface area contributed by atoms with Gasteiger partial charge in [-0.25, -0.2) is 0 Å². The lowest BCUT2D eigenvalue weighted by molar-refractivity contribution is 0.0827. The third-order valence-electron chi connectivity index (χ3n) is 3.29. The van der Waals surface area contributed by atoms with Crippen molar-refractivity contribution in [1.29, 1.82) is 0 Å². The van der Waals surface area contributed by atoms with E-state index < -0.39 is 0 Å². The van der Waals surface area contributed by atoms with E-state index in [0.717, 1.165) is 16.9 Å². The Morgan fingerprint density at radius 2 is 2.05 bits per heavy atom. The monoisotopic (exact) mass is 284 g/mol. The molecule has 0 saturated heterocycles. The summed E-state index contributed by atoms with van der Waals surface area (Å²) in [4.78, 5) is 22.0. The lowest BCUT2D eigenvalue weighted by atomic mass is 10.1. The Bertz CT molecular complexity index is 625. The number of carbonyl (C=O) groups is 1. The first-order chi connectivity index (χ1) is 9.99. The number of rotatable bonds is 4. The van der Waals surface area contributed by atoms with Gasteiger partial charge >= 0.3 is 0 Å². The molecule has 0 radical (unpaired) electrons. The van der Waals surface area contributed by atoms with Gasteiger partial charge in [0.15, 0.2) is 0 Å². The van der Waals surface area contributed by atoms with Crippen LogP contribution in [-0.2, 0) is 0 Å². The Kier molecular flexibility index (Phi) is 4.52. The first kappa shape index (κ1) is 15.0. The molecule has 1 N–H and O–H groups in total. The molecule has 5 heteroatoms. The Hall–Kier alpha value is -2.43. The van der Waals surface area contributed by atoms with Gasteiger partial charge in [0, 0.05) is 37.7 Å². The third-order valence-corrected chi connectivity index (χ3v) is 3.29. The van der Waals surface area contributed by atoms with Gasteiger partial charge in [0.05, 0.1) is 17.9 Å². The lowest BCUT2D eigenvalue weighted by Crippen LogP contribution is -2.22. The lowest BCUT2D eigenvalue weighted by Gasteiger charge is -2.18. The van der Waals surface area contributed by atoms with Gasteiger partial charge in [0.1, 0.15) is 0 Å². The molecule has 0 saturated carbocycles. The van der Waals surface area contributed by atoms with Gasteiger partial charge in [0.25, 0.3) is 5.91 Å². The zero-order valence-electron chi connectivity index (χ0n) is 12.8. The van der Waals surface area contributed by atoms with Crippen molar-refractivity contribution >= 4 is 11.6 Å². The molecule has 0 fully saturated rings. The maximum atomic E-state index is 12.0. The van der Waals surface area contributed by atoms with Gasteiger partial charge in [0.2, 0.25) is 0 Å². The highest BCUT2D eigenvalue weighted by Gasteiger charge is 2.12. The molecule has 1 unspecified atom stereocenters. The van der Waals surface area contributed by atoms with E-state index in [-0.39, 0.29) is 11.9 Å². The first-order valence-corrected chi connectivity index (χ1v) is 6.84. The summed E-state index contributed by atoms with van der Waals surface area (Å²) in [6.45, 7) is 4.03. The molecule has 0 bridgehead atoms.